The molecule has 0 aromatic rings. The minimum absolute atomic E-state index is 0.815. The Balaban J connectivity index is 4.65. The lowest BCUT2D eigenvalue weighted by atomic mass is 10.3. The summed E-state index contributed by atoms with van der Waals surface area (Å²) in [5.74, 6) is 0.815. The van der Waals surface area contributed by atoms with Gasteiger partial charge in [0.15, 0.2) is 5.76 Å². The molecule has 0 rings (SSSR count). The smallest absolute Gasteiger partial charge is 0.158 e. The number of allylic oxidation sites excluding steroid dienone is 2. The van der Waals surface area contributed by atoms with Crippen molar-refractivity contribution in [2.75, 3.05) is 21.2 Å². The van der Waals surface area contributed by atoms with E-state index >= 15 is 0 Å². The van der Waals surface area contributed by atoms with Crippen LogP contribution in [0.5, 0.6) is 0 Å². The lowest BCUT2D eigenvalue weighted by molar-refractivity contribution is 0.308. The number of nitrogens with one attached hydrogen (secondary N) is 1. The molecule has 1 N–H and O–H groups in total. The van der Waals surface area contributed by atoms with Crippen molar-refractivity contribution in [3.05, 3.63) is 11.5 Å². The van der Waals surface area contributed by atoms with Crippen LogP contribution in [-0.4, -0.2) is 26.9 Å². The van der Waals surface area contributed by atoms with Crippen molar-refractivity contribution in [1.29, 1.82) is 0 Å². The molecule has 64 valence electrons. The van der Waals surface area contributed by atoms with Gasteiger partial charge in [-0.25, -0.2) is 0 Å². The van der Waals surface area contributed by atoms with Crippen molar-refractivity contribution in [2.45, 2.75) is 13.8 Å². The van der Waals surface area contributed by atoms with Gasteiger partial charge in [0.25, 0.3) is 0 Å². The van der Waals surface area contributed by atoms with E-state index in [1.165, 1.54) is 0 Å². The van der Waals surface area contributed by atoms with Gasteiger partial charge in [-0.05, 0) is 13.8 Å². The normalized spacial score (nSPS) is 14.1. The number of aliphatic imine (C=N–C) groups is 1. The molecule has 0 aliphatic rings. The Morgan fingerprint density at radius 2 is 1.91 bits per heavy atom. The molecule has 3 nitrogen and oxygen atoms in total. The summed E-state index contributed by atoms with van der Waals surface area (Å²) in [5, 5.41) is 3.00. The van der Waals surface area contributed by atoms with Crippen LogP contribution >= 0.6 is 0 Å². The second kappa shape index (κ2) is 4.77. The fraction of sp³-hybridized carbons (Fsp3) is 0.625. The predicted octanol–water partition coefficient (Wildman–Crippen LogP) is 1.17. The van der Waals surface area contributed by atoms with Crippen LogP contribution in [0.4, 0.5) is 0 Å². The highest BCUT2D eigenvalue weighted by Crippen LogP contribution is 2.03. The lowest BCUT2D eigenvalue weighted by Crippen LogP contribution is -2.11. The first-order valence-corrected chi connectivity index (χ1v) is 3.53. The van der Waals surface area contributed by atoms with Gasteiger partial charge < -0.3 is 10.1 Å². The minimum Gasteiger partial charge on any atom is -0.493 e. The van der Waals surface area contributed by atoms with Crippen LogP contribution in [-0.2, 0) is 4.74 Å². The van der Waals surface area contributed by atoms with E-state index in [-0.39, 0.29) is 0 Å². The van der Waals surface area contributed by atoms with E-state index in [0.29, 0.717) is 0 Å². The SMILES string of the molecule is CN=C(C)/C(OC)=C(/C)NC. The molecule has 0 aliphatic heterocycles. The number of hydrogen-bond donors (Lipinski definition) is 1. The molecule has 0 spiro atoms. The number of nitrogens with zero attached hydrogens (tertiary/aromatic N) is 1. The molecule has 0 saturated carbocycles. The van der Waals surface area contributed by atoms with Gasteiger partial charge >= 0.3 is 0 Å². The Labute approximate surface area is 68.2 Å². The average Bonchev–Trinajstić information content (AvgIpc) is 2.05. The molecule has 0 saturated heterocycles. The van der Waals surface area contributed by atoms with Crippen LogP contribution in [0.1, 0.15) is 13.8 Å². The summed E-state index contributed by atoms with van der Waals surface area (Å²) in [5.41, 5.74) is 1.90. The zero-order valence-corrected chi connectivity index (χ0v) is 7.86. The van der Waals surface area contributed by atoms with Crippen LogP contribution in [0.25, 0.3) is 0 Å². The standard InChI is InChI=1S/C8H16N2O/c1-6(9-3)8(11-5)7(2)10-4/h9H,1-5H3/b8-6+,10-7?. The first kappa shape index (κ1) is 10.0. The Morgan fingerprint density at radius 1 is 1.36 bits per heavy atom. The average molecular weight is 156 g/mol. The first-order valence-electron chi connectivity index (χ1n) is 3.53. The van der Waals surface area contributed by atoms with Crippen molar-refractivity contribution < 1.29 is 4.74 Å². The van der Waals surface area contributed by atoms with Crippen LogP contribution in [0.3, 0.4) is 0 Å². The van der Waals surface area contributed by atoms with Gasteiger partial charge in [0.2, 0.25) is 0 Å². The minimum atomic E-state index is 0.815. The van der Waals surface area contributed by atoms with Crippen LogP contribution < -0.4 is 5.32 Å². The fourth-order valence-corrected chi connectivity index (χ4v) is 0.787. The predicted molar refractivity (Wildman–Crippen MR) is 47.8 cm³/mol. The second-order valence-corrected chi connectivity index (χ2v) is 2.22. The van der Waals surface area contributed by atoms with Crippen molar-refractivity contribution in [3.63, 3.8) is 0 Å². The molecular weight excluding hydrogens is 140 g/mol. The summed E-state index contributed by atoms with van der Waals surface area (Å²) in [4.78, 5) is 4.02. The lowest BCUT2D eigenvalue weighted by Gasteiger charge is -2.09. The molecule has 3 heteroatoms. The maximum atomic E-state index is 5.14. The maximum Gasteiger partial charge on any atom is 0.158 e. The van der Waals surface area contributed by atoms with Gasteiger partial charge in [-0.2, -0.15) is 0 Å². The monoisotopic (exact) mass is 156 g/mol. The summed E-state index contributed by atoms with van der Waals surface area (Å²) in [6.07, 6.45) is 0. The number of methoxy groups -OCH3 is 1. The Hall–Kier alpha value is -0.990. The molecule has 0 heterocycles. The van der Waals surface area contributed by atoms with Crippen molar-refractivity contribution in [3.8, 4) is 0 Å². The quantitative estimate of drug-likeness (QED) is 0.491. The van der Waals surface area contributed by atoms with E-state index in [4.69, 9.17) is 4.74 Å². The molecule has 0 unspecified atom stereocenters. The van der Waals surface area contributed by atoms with Crippen LogP contribution in [0, 0.1) is 0 Å². The van der Waals surface area contributed by atoms with Gasteiger partial charge in [-0.3, -0.25) is 4.99 Å². The Bertz CT molecular complexity index is 183. The van der Waals surface area contributed by atoms with Crippen LogP contribution in [0.15, 0.2) is 16.4 Å². The van der Waals surface area contributed by atoms with E-state index in [1.54, 1.807) is 14.2 Å². The van der Waals surface area contributed by atoms with E-state index in [0.717, 1.165) is 17.2 Å². The van der Waals surface area contributed by atoms with E-state index in [9.17, 15) is 0 Å². The Kier molecular flexibility index (Phi) is 4.34. The summed E-state index contributed by atoms with van der Waals surface area (Å²) in [6, 6.07) is 0. The van der Waals surface area contributed by atoms with E-state index in [1.807, 2.05) is 20.9 Å². The Morgan fingerprint density at radius 3 is 2.18 bits per heavy atom. The topological polar surface area (TPSA) is 33.6 Å². The molecule has 0 aliphatic carbocycles. The van der Waals surface area contributed by atoms with Crippen molar-refractivity contribution in [1.82, 2.24) is 5.32 Å². The number of rotatable bonds is 3. The molecular formula is C8H16N2O. The maximum absolute atomic E-state index is 5.14. The van der Waals surface area contributed by atoms with Crippen LogP contribution in [0.2, 0.25) is 0 Å². The van der Waals surface area contributed by atoms with E-state index < -0.39 is 0 Å². The summed E-state index contributed by atoms with van der Waals surface area (Å²) >= 11 is 0. The molecule has 11 heavy (non-hydrogen) atoms. The molecule has 0 aromatic carbocycles. The van der Waals surface area contributed by atoms with Gasteiger partial charge in [-0.1, -0.05) is 0 Å². The third-order valence-corrected chi connectivity index (χ3v) is 1.58. The molecule has 0 bridgehead atoms. The highest BCUT2D eigenvalue weighted by atomic mass is 16.5. The summed E-state index contributed by atoms with van der Waals surface area (Å²) in [7, 11) is 5.25. The van der Waals surface area contributed by atoms with E-state index in [2.05, 4.69) is 10.3 Å². The number of ether oxygens (including phenoxy) is 1. The third-order valence-electron chi connectivity index (χ3n) is 1.58. The number of hydrogen-bond acceptors (Lipinski definition) is 3. The fourth-order valence-electron chi connectivity index (χ4n) is 0.787. The molecule has 0 aromatic heterocycles. The zero-order valence-electron chi connectivity index (χ0n) is 7.86. The molecule has 0 radical (unpaired) electrons. The van der Waals surface area contributed by atoms with Gasteiger partial charge in [0, 0.05) is 14.1 Å². The summed E-state index contributed by atoms with van der Waals surface area (Å²) in [6.45, 7) is 3.87. The molecule has 0 amide bonds. The first-order chi connectivity index (χ1) is 5.17. The zero-order chi connectivity index (χ0) is 8.85. The highest BCUT2D eigenvalue weighted by molar-refractivity contribution is 5.96. The van der Waals surface area contributed by atoms with Gasteiger partial charge in [0.05, 0.1) is 18.5 Å². The van der Waals surface area contributed by atoms with Crippen molar-refractivity contribution in [2.24, 2.45) is 4.99 Å². The highest BCUT2D eigenvalue weighted by Gasteiger charge is 2.03. The molecule has 0 fully saturated rings. The largest absolute Gasteiger partial charge is 0.493 e. The van der Waals surface area contributed by atoms with Gasteiger partial charge in [0.1, 0.15) is 0 Å². The summed E-state index contributed by atoms with van der Waals surface area (Å²) < 4.78 is 5.14. The van der Waals surface area contributed by atoms with Gasteiger partial charge in [-0.15, -0.1) is 0 Å². The molecule has 0 atom stereocenters. The second-order valence-electron chi connectivity index (χ2n) is 2.22. The van der Waals surface area contributed by atoms with Crippen molar-refractivity contribution >= 4 is 5.71 Å². The third kappa shape index (κ3) is 2.62.